The summed E-state index contributed by atoms with van der Waals surface area (Å²) in [4.78, 5) is 22.3. The summed E-state index contributed by atoms with van der Waals surface area (Å²) in [5, 5.41) is 6.98. The molecule has 1 radical (unpaired) electrons. The van der Waals surface area contributed by atoms with E-state index in [1.165, 1.54) is 33.4 Å². The summed E-state index contributed by atoms with van der Waals surface area (Å²) in [5.74, 6) is 5.03. The van der Waals surface area contributed by atoms with E-state index >= 15 is 0 Å². The Labute approximate surface area is 353 Å². The number of ether oxygens (including phenoxy) is 2. The van der Waals surface area contributed by atoms with Gasteiger partial charge in [-0.15, -0.1) is 0 Å². The molecule has 8 aromatic rings. The monoisotopic (exact) mass is 969 g/mol. The fraction of sp³-hybridized carbons (Fsp3) is 0.0417. The van der Waals surface area contributed by atoms with Crippen LogP contribution < -0.4 is 54.4 Å². The molecule has 8 rings (SSSR count). The van der Waals surface area contributed by atoms with Crippen LogP contribution >= 0.6 is 7.26 Å². The summed E-state index contributed by atoms with van der Waals surface area (Å²) in [6.07, 6.45) is 13.5. The summed E-state index contributed by atoms with van der Waals surface area (Å²) in [6, 6.07) is 60.5. The van der Waals surface area contributed by atoms with Crippen molar-refractivity contribution in [2.45, 2.75) is 0 Å². The minimum absolute atomic E-state index is 0. The summed E-state index contributed by atoms with van der Waals surface area (Å²) < 4.78 is 20.3. The average Bonchev–Trinajstić information content (AvgIpc) is 3.24. The van der Waals surface area contributed by atoms with Crippen molar-refractivity contribution < 1.29 is 53.1 Å². The summed E-state index contributed by atoms with van der Waals surface area (Å²) in [7, 11) is -1.91. The molecule has 0 aliphatic heterocycles. The number of halogens is 1. The molecule has 6 nitrogen and oxygen atoms in total. The molecule has 0 unspecified atom stereocenters. The third-order valence-electron chi connectivity index (χ3n) is 8.40. The van der Waals surface area contributed by atoms with Gasteiger partial charge in [0.1, 0.15) is 64.4 Å². The predicted octanol–water partition coefficient (Wildman–Crippen LogP) is 4.83. The van der Waals surface area contributed by atoms with Gasteiger partial charge in [0.25, 0.3) is 0 Å². The zero-order valence-electron chi connectivity index (χ0n) is 30.3. The van der Waals surface area contributed by atoms with Crippen molar-refractivity contribution >= 4 is 50.4 Å². The summed E-state index contributed by atoms with van der Waals surface area (Å²) in [6.45, 7) is 0.0426. The molecule has 9 heteroatoms. The van der Waals surface area contributed by atoms with Crippen molar-refractivity contribution in [3.05, 3.63) is 216 Å². The standard InChI is InChI=1S/C24H20P.2C12H7O3.Au.ClH/c1-5-13-21(14-6-1)25(22-15-7-2-8-16-22,23-17-9-3-10-18-23)24-19-11-4-12-20-24;2*1-2-7-14-11-8-12(13)15-10-6-4-3-5-9(10)11;;/h1-20H;2*3-6,8H,7H2;;1H/q+1;2*-1;;/p-1. The zero-order chi connectivity index (χ0) is 38.3. The quantitative estimate of drug-likeness (QED) is 0.0715. The van der Waals surface area contributed by atoms with Crippen molar-refractivity contribution in [2.24, 2.45) is 0 Å². The van der Waals surface area contributed by atoms with Crippen molar-refractivity contribution in [3.8, 4) is 23.3 Å². The third-order valence-corrected chi connectivity index (χ3v) is 12.7. The van der Waals surface area contributed by atoms with Gasteiger partial charge in [-0.3, -0.25) is 0 Å². The van der Waals surface area contributed by atoms with Gasteiger partial charge in [-0.25, -0.2) is 9.59 Å². The van der Waals surface area contributed by atoms with Crippen molar-refractivity contribution in [2.75, 3.05) is 13.2 Å². The first kappa shape index (κ1) is 43.6. The molecule has 0 fully saturated rings. The number of benzene rings is 6. The van der Waals surface area contributed by atoms with E-state index in [2.05, 4.69) is 133 Å². The molecule has 57 heavy (non-hydrogen) atoms. The summed E-state index contributed by atoms with van der Waals surface area (Å²) >= 11 is 0. The van der Waals surface area contributed by atoms with Crippen molar-refractivity contribution in [3.63, 3.8) is 0 Å². The van der Waals surface area contributed by atoms with Crippen LogP contribution in [0.1, 0.15) is 0 Å². The second-order valence-electron chi connectivity index (χ2n) is 11.8. The van der Waals surface area contributed by atoms with E-state index in [-0.39, 0.29) is 48.0 Å². The molecule has 0 atom stereocenters. The van der Waals surface area contributed by atoms with Gasteiger partial charge in [-0.1, -0.05) is 97.1 Å². The van der Waals surface area contributed by atoms with Crippen LogP contribution in [-0.2, 0) is 22.4 Å². The molecule has 0 N–H and O–H groups in total. The molecule has 0 aliphatic rings. The van der Waals surface area contributed by atoms with Gasteiger partial charge in [0.05, 0.1) is 22.9 Å². The zero-order valence-corrected chi connectivity index (χ0v) is 34.1. The van der Waals surface area contributed by atoms with Crippen molar-refractivity contribution in [1.29, 1.82) is 0 Å². The molecule has 2 aromatic heterocycles. The van der Waals surface area contributed by atoms with Crippen LogP contribution in [0.4, 0.5) is 0 Å². The Bertz CT molecular complexity index is 2400. The van der Waals surface area contributed by atoms with Crippen LogP contribution in [-0.4, -0.2) is 13.2 Å². The van der Waals surface area contributed by atoms with E-state index < -0.39 is 18.5 Å². The first-order valence-corrected chi connectivity index (χ1v) is 19.1. The maximum absolute atomic E-state index is 11.2. The SMILES string of the molecule is [Au].[C-]#CCOc1cc(=O)oc2ccccc12.[C-]#CCOc1cc(=O)oc2ccccc12.[Cl-].c1ccc([P+](c2ccccc2)(c2ccccc2)c2ccccc2)cc1. The maximum Gasteiger partial charge on any atom is 0.339 e. The molecule has 0 bridgehead atoms. The molecule has 0 amide bonds. The smallest absolute Gasteiger partial charge is 0.339 e. The van der Waals surface area contributed by atoms with E-state index in [0.717, 1.165) is 0 Å². The maximum atomic E-state index is 11.2. The molecule has 2 heterocycles. The molecule has 0 spiro atoms. The Morgan fingerprint density at radius 2 is 0.737 bits per heavy atom. The molecule has 0 aliphatic carbocycles. The minimum Gasteiger partial charge on any atom is -1.00 e. The fourth-order valence-corrected chi connectivity index (χ4v) is 10.4. The summed E-state index contributed by atoms with van der Waals surface area (Å²) in [5.41, 5.74) is 0.0253. The van der Waals surface area contributed by atoms with E-state index in [1.54, 1.807) is 36.4 Å². The van der Waals surface area contributed by atoms with Crippen LogP contribution in [0.3, 0.4) is 0 Å². The van der Waals surface area contributed by atoms with E-state index in [0.29, 0.717) is 33.4 Å². The normalized spacial score (nSPS) is 10.1. The van der Waals surface area contributed by atoms with Gasteiger partial charge in [-0.2, -0.15) is 0 Å². The average molecular weight is 970 g/mol. The Morgan fingerprint density at radius 3 is 1.04 bits per heavy atom. The number of fused-ring (bicyclic) bond motifs is 2. The Morgan fingerprint density at radius 1 is 0.456 bits per heavy atom. The second-order valence-corrected chi connectivity index (χ2v) is 15.2. The number of hydrogen-bond acceptors (Lipinski definition) is 6. The van der Waals surface area contributed by atoms with Crippen LogP contribution in [0, 0.1) is 24.7 Å². The van der Waals surface area contributed by atoms with E-state index in [4.69, 9.17) is 31.2 Å². The molecular weight excluding hydrogens is 936 g/mol. The van der Waals surface area contributed by atoms with Crippen LogP contribution in [0.25, 0.3) is 21.9 Å². The molecular formula is C48H34AuClO6P-2. The van der Waals surface area contributed by atoms with E-state index in [1.807, 2.05) is 12.1 Å². The predicted molar refractivity (Wildman–Crippen MR) is 221 cm³/mol. The molecule has 6 aromatic carbocycles. The molecule has 0 saturated carbocycles. The van der Waals surface area contributed by atoms with Gasteiger partial charge in [0.2, 0.25) is 0 Å². The molecule has 0 saturated heterocycles. The fourth-order valence-electron chi connectivity index (χ4n) is 6.13. The topological polar surface area (TPSA) is 78.9 Å². The van der Waals surface area contributed by atoms with Gasteiger partial charge in [0, 0.05) is 22.4 Å². The Kier molecular flexibility index (Phi) is 16.7. The number of para-hydroxylation sites is 2. The van der Waals surface area contributed by atoms with Crippen molar-refractivity contribution in [1.82, 2.24) is 0 Å². The van der Waals surface area contributed by atoms with Gasteiger partial charge in [0.15, 0.2) is 0 Å². The van der Waals surface area contributed by atoms with Crippen LogP contribution in [0.2, 0.25) is 0 Å². The first-order valence-electron chi connectivity index (χ1n) is 17.3. The van der Waals surface area contributed by atoms with Crippen LogP contribution in [0.5, 0.6) is 11.5 Å². The largest absolute Gasteiger partial charge is 1.00 e. The van der Waals surface area contributed by atoms with E-state index in [9.17, 15) is 9.59 Å². The number of hydrogen-bond donors (Lipinski definition) is 0. The third kappa shape index (κ3) is 10.6. The molecule has 287 valence electrons. The number of rotatable bonds is 8. The van der Waals surface area contributed by atoms with Gasteiger partial charge in [-0.05, 0) is 72.8 Å². The van der Waals surface area contributed by atoms with Gasteiger partial charge < -0.3 is 55.4 Å². The minimum atomic E-state index is -1.91. The first-order chi connectivity index (χ1) is 27.0. The second kappa shape index (κ2) is 21.9. The van der Waals surface area contributed by atoms with Gasteiger partial charge >= 0.3 is 11.3 Å². The Balaban J connectivity index is 0.000000196. The Hall–Kier alpha value is -6.08. The van der Waals surface area contributed by atoms with Crippen LogP contribution in [0.15, 0.2) is 200 Å².